The molecule has 1 aromatic carbocycles. The molecule has 2 rings (SSSR count). The summed E-state index contributed by atoms with van der Waals surface area (Å²) < 4.78 is 0. The van der Waals surface area contributed by atoms with E-state index in [0.29, 0.717) is 6.04 Å². The minimum Gasteiger partial charge on any atom is -0.394 e. The van der Waals surface area contributed by atoms with Gasteiger partial charge in [0.2, 0.25) is 0 Å². The molecule has 1 fully saturated rings. The van der Waals surface area contributed by atoms with Gasteiger partial charge in [0.05, 0.1) is 12.1 Å². The van der Waals surface area contributed by atoms with Crippen LogP contribution in [0.5, 0.6) is 0 Å². The van der Waals surface area contributed by atoms with Crippen molar-refractivity contribution in [2.24, 2.45) is 0 Å². The van der Waals surface area contributed by atoms with Gasteiger partial charge in [0.1, 0.15) is 0 Å². The third kappa shape index (κ3) is 3.05. The smallest absolute Gasteiger partial charge is 0.0657 e. The van der Waals surface area contributed by atoms with Crippen LogP contribution in [0, 0.1) is 0 Å². The molecule has 0 spiro atoms. The Morgan fingerprint density at radius 1 is 1.28 bits per heavy atom. The number of aliphatic hydroxyl groups is 1. The van der Waals surface area contributed by atoms with E-state index in [9.17, 15) is 5.11 Å². The fourth-order valence-corrected chi connectivity index (χ4v) is 3.16. The van der Waals surface area contributed by atoms with Crippen molar-refractivity contribution in [3.8, 4) is 0 Å². The van der Waals surface area contributed by atoms with E-state index < -0.39 is 5.54 Å². The second-order valence-electron chi connectivity index (χ2n) is 5.45. The van der Waals surface area contributed by atoms with Gasteiger partial charge in [-0.15, -0.1) is 0 Å². The Balaban J connectivity index is 2.16. The first-order valence-electron chi connectivity index (χ1n) is 6.79. The van der Waals surface area contributed by atoms with Crippen molar-refractivity contribution in [1.82, 2.24) is 5.32 Å². The quantitative estimate of drug-likeness (QED) is 0.876. The van der Waals surface area contributed by atoms with E-state index in [1.165, 1.54) is 32.1 Å². The maximum absolute atomic E-state index is 9.77. The second kappa shape index (κ2) is 6.05. The lowest BCUT2D eigenvalue weighted by Crippen LogP contribution is -2.49. The second-order valence-corrected chi connectivity index (χ2v) is 5.86. The third-order valence-corrected chi connectivity index (χ3v) is 4.24. The van der Waals surface area contributed by atoms with Crippen molar-refractivity contribution in [2.75, 3.05) is 6.61 Å². The summed E-state index contributed by atoms with van der Waals surface area (Å²) in [6, 6.07) is 8.26. The monoisotopic (exact) mass is 267 g/mol. The lowest BCUT2D eigenvalue weighted by molar-refractivity contribution is 0.151. The largest absolute Gasteiger partial charge is 0.394 e. The van der Waals surface area contributed by atoms with Crippen molar-refractivity contribution in [1.29, 1.82) is 0 Å². The fraction of sp³-hybridized carbons (Fsp3) is 0.600. The minimum atomic E-state index is -0.444. The molecule has 3 heteroatoms. The lowest BCUT2D eigenvalue weighted by Gasteiger charge is -2.36. The van der Waals surface area contributed by atoms with Crippen LogP contribution in [-0.4, -0.2) is 17.8 Å². The summed E-state index contributed by atoms with van der Waals surface area (Å²) in [7, 11) is 0. The Morgan fingerprint density at radius 2 is 1.94 bits per heavy atom. The van der Waals surface area contributed by atoms with Crippen LogP contribution in [0.15, 0.2) is 24.3 Å². The molecule has 0 aromatic heterocycles. The molecule has 1 saturated carbocycles. The molecule has 0 saturated heterocycles. The topological polar surface area (TPSA) is 32.3 Å². The van der Waals surface area contributed by atoms with E-state index in [4.69, 9.17) is 11.6 Å². The number of aliphatic hydroxyl groups excluding tert-OH is 1. The van der Waals surface area contributed by atoms with Crippen LogP contribution < -0.4 is 5.32 Å². The Hall–Kier alpha value is -0.570. The molecule has 18 heavy (non-hydrogen) atoms. The maximum atomic E-state index is 9.77. The van der Waals surface area contributed by atoms with E-state index in [0.717, 1.165) is 10.6 Å². The Labute approximate surface area is 114 Å². The van der Waals surface area contributed by atoms with Crippen LogP contribution in [0.25, 0.3) is 0 Å². The standard InChI is InChI=1S/C15H22ClNO/c1-15(11-18,13-9-5-6-10-14(13)16)17-12-7-3-2-4-8-12/h5-6,9-10,12,17-18H,2-4,7-8,11H2,1H3. The van der Waals surface area contributed by atoms with Gasteiger partial charge in [0.15, 0.2) is 0 Å². The number of nitrogens with one attached hydrogen (secondary N) is 1. The average Bonchev–Trinajstić information content (AvgIpc) is 2.40. The van der Waals surface area contributed by atoms with Crippen LogP contribution in [0.1, 0.15) is 44.6 Å². The SMILES string of the molecule is CC(CO)(NC1CCCCC1)c1ccccc1Cl. The molecule has 2 N–H and O–H groups in total. The lowest BCUT2D eigenvalue weighted by atomic mass is 9.88. The first-order valence-corrected chi connectivity index (χ1v) is 7.17. The van der Waals surface area contributed by atoms with Crippen LogP contribution in [-0.2, 0) is 5.54 Å². The number of benzene rings is 1. The van der Waals surface area contributed by atoms with Crippen molar-refractivity contribution in [2.45, 2.75) is 50.6 Å². The predicted molar refractivity (Wildman–Crippen MR) is 75.9 cm³/mol. The highest BCUT2D eigenvalue weighted by Gasteiger charge is 2.30. The molecular weight excluding hydrogens is 246 g/mol. The zero-order chi connectivity index (χ0) is 13.0. The van der Waals surface area contributed by atoms with Crippen molar-refractivity contribution < 1.29 is 5.11 Å². The third-order valence-electron chi connectivity index (χ3n) is 3.91. The van der Waals surface area contributed by atoms with Gasteiger partial charge in [-0.1, -0.05) is 49.1 Å². The molecule has 1 aromatic rings. The summed E-state index contributed by atoms with van der Waals surface area (Å²) in [6.45, 7) is 2.09. The Kier molecular flexibility index (Phi) is 4.66. The van der Waals surface area contributed by atoms with E-state index in [2.05, 4.69) is 5.32 Å². The summed E-state index contributed by atoms with van der Waals surface area (Å²) in [6.07, 6.45) is 6.28. The molecule has 1 aliphatic carbocycles. The highest BCUT2D eigenvalue weighted by atomic mass is 35.5. The molecule has 0 aliphatic heterocycles. The maximum Gasteiger partial charge on any atom is 0.0657 e. The molecule has 0 radical (unpaired) electrons. The number of halogens is 1. The molecule has 1 unspecified atom stereocenters. The van der Waals surface area contributed by atoms with E-state index >= 15 is 0 Å². The van der Waals surface area contributed by atoms with E-state index in [1.807, 2.05) is 31.2 Å². The van der Waals surface area contributed by atoms with E-state index in [1.54, 1.807) is 0 Å². The summed E-state index contributed by atoms with van der Waals surface area (Å²) in [5, 5.41) is 14.1. The van der Waals surface area contributed by atoms with Crippen LogP contribution in [0.3, 0.4) is 0 Å². The summed E-state index contributed by atoms with van der Waals surface area (Å²) in [5.41, 5.74) is 0.542. The fourth-order valence-electron chi connectivity index (χ4n) is 2.81. The van der Waals surface area contributed by atoms with Gasteiger partial charge >= 0.3 is 0 Å². The molecule has 1 aliphatic rings. The van der Waals surface area contributed by atoms with Gasteiger partial charge in [-0.3, -0.25) is 0 Å². The number of hydrogen-bond donors (Lipinski definition) is 2. The molecule has 0 heterocycles. The minimum absolute atomic E-state index is 0.0627. The number of hydrogen-bond acceptors (Lipinski definition) is 2. The van der Waals surface area contributed by atoms with Gasteiger partial charge in [0, 0.05) is 11.1 Å². The zero-order valence-electron chi connectivity index (χ0n) is 11.0. The van der Waals surface area contributed by atoms with Gasteiger partial charge in [0.25, 0.3) is 0 Å². The predicted octanol–water partition coefficient (Wildman–Crippen LogP) is 3.47. The highest BCUT2D eigenvalue weighted by molar-refractivity contribution is 6.31. The highest BCUT2D eigenvalue weighted by Crippen LogP contribution is 2.30. The van der Waals surface area contributed by atoms with Crippen molar-refractivity contribution in [3.63, 3.8) is 0 Å². The molecule has 0 bridgehead atoms. The zero-order valence-corrected chi connectivity index (χ0v) is 11.7. The first-order chi connectivity index (χ1) is 8.65. The summed E-state index contributed by atoms with van der Waals surface area (Å²) >= 11 is 6.25. The van der Waals surface area contributed by atoms with Crippen LogP contribution in [0.4, 0.5) is 0 Å². The van der Waals surface area contributed by atoms with Gasteiger partial charge in [-0.05, 0) is 31.4 Å². The molecule has 100 valence electrons. The molecular formula is C15H22ClNO. The Morgan fingerprint density at radius 3 is 2.56 bits per heavy atom. The molecule has 1 atom stereocenters. The van der Waals surface area contributed by atoms with Crippen molar-refractivity contribution >= 4 is 11.6 Å². The number of rotatable bonds is 4. The average molecular weight is 268 g/mol. The summed E-state index contributed by atoms with van der Waals surface area (Å²) in [5.74, 6) is 0. The normalized spacial score (nSPS) is 20.6. The van der Waals surface area contributed by atoms with E-state index in [-0.39, 0.29) is 6.61 Å². The van der Waals surface area contributed by atoms with Gasteiger partial charge in [-0.2, -0.15) is 0 Å². The van der Waals surface area contributed by atoms with Gasteiger partial charge in [-0.25, -0.2) is 0 Å². The molecule has 0 amide bonds. The van der Waals surface area contributed by atoms with Crippen LogP contribution >= 0.6 is 11.6 Å². The van der Waals surface area contributed by atoms with Gasteiger partial charge < -0.3 is 10.4 Å². The first kappa shape index (κ1) is 13.9. The molecule has 2 nitrogen and oxygen atoms in total. The van der Waals surface area contributed by atoms with Crippen LogP contribution in [0.2, 0.25) is 5.02 Å². The summed E-state index contributed by atoms with van der Waals surface area (Å²) in [4.78, 5) is 0. The van der Waals surface area contributed by atoms with Crippen molar-refractivity contribution in [3.05, 3.63) is 34.9 Å². The Bertz CT molecular complexity index is 390.